The molecule has 5 nitrogen and oxygen atoms in total. The maximum atomic E-state index is 11.6. The van der Waals surface area contributed by atoms with Crippen LogP contribution in [0, 0.1) is 5.41 Å². The minimum atomic E-state index is -0.559. The van der Waals surface area contributed by atoms with Crippen LogP contribution in [0.4, 0.5) is 5.69 Å². The number of anilines is 1. The first-order valence-electron chi connectivity index (χ1n) is 9.71. The van der Waals surface area contributed by atoms with Crippen LogP contribution in [0.5, 0.6) is 5.75 Å². The van der Waals surface area contributed by atoms with Gasteiger partial charge in [-0.25, -0.2) is 0 Å². The van der Waals surface area contributed by atoms with Crippen LogP contribution >= 0.6 is 0 Å². The van der Waals surface area contributed by atoms with Gasteiger partial charge in [0.25, 0.3) is 0 Å². The third-order valence-corrected chi connectivity index (χ3v) is 5.82. The van der Waals surface area contributed by atoms with Gasteiger partial charge in [0.05, 0.1) is 18.4 Å². The molecular weight excluding hydrogens is 374 g/mol. The zero-order valence-electron chi connectivity index (χ0n) is 16.4. The summed E-state index contributed by atoms with van der Waals surface area (Å²) >= 11 is 2.83. The number of nitrogens with one attached hydrogen (secondary N) is 1. The monoisotopic (exact) mass is 403 g/mol. The van der Waals surface area contributed by atoms with Gasteiger partial charge < -0.3 is 9.84 Å². The lowest BCUT2D eigenvalue weighted by Gasteiger charge is -2.39. The normalized spacial score (nSPS) is 23.4. The van der Waals surface area contributed by atoms with Crippen molar-refractivity contribution in [1.29, 1.82) is 0 Å². The van der Waals surface area contributed by atoms with Crippen LogP contribution in [-0.2, 0) is 12.5 Å². The molecule has 152 valence electrons. The highest BCUT2D eigenvalue weighted by Crippen LogP contribution is 2.48. The smallest absolute Gasteiger partial charge is 0.197 e. The first kappa shape index (κ1) is 22.3. The van der Waals surface area contributed by atoms with Gasteiger partial charge in [0, 0.05) is 16.9 Å². The molecule has 0 saturated heterocycles. The number of aliphatic hydroxyl groups is 1. The summed E-state index contributed by atoms with van der Waals surface area (Å²) in [5, 5.41) is 20.9. The van der Waals surface area contributed by atoms with Crippen molar-refractivity contribution in [3.63, 3.8) is 0 Å². The predicted octanol–water partition coefficient (Wildman–Crippen LogP) is 4.62. The second kappa shape index (κ2) is 10.5. The van der Waals surface area contributed by atoms with Crippen LogP contribution in [0.1, 0.15) is 56.6 Å². The molecule has 0 saturated carbocycles. The third kappa shape index (κ3) is 4.51. The fourth-order valence-corrected chi connectivity index (χ4v) is 4.08. The van der Waals surface area contributed by atoms with Gasteiger partial charge in [0.2, 0.25) is 0 Å². The summed E-state index contributed by atoms with van der Waals surface area (Å²) in [7, 11) is 0. The van der Waals surface area contributed by atoms with Gasteiger partial charge in [-0.3, -0.25) is 10.7 Å². The lowest BCUT2D eigenvalue weighted by atomic mass is 9.69. The van der Waals surface area contributed by atoms with E-state index >= 15 is 0 Å². The van der Waals surface area contributed by atoms with Crippen molar-refractivity contribution in [2.24, 2.45) is 5.41 Å². The standard InChI is InChI=1S/C22H29NO3.OS/c1-3-5-13-22(4-2)15-26-19-12-11-17(23-25)14-18(19)20(21(22)24)16-9-7-6-8-10-16;1-2/h6-12,14,20-21,23-25H,3-5,13,15H2,1-2H3;/t20-,21-,22-;/m1./s1. The number of ether oxygens (including phenoxy) is 1. The molecule has 1 aliphatic rings. The number of benzene rings is 2. The van der Waals surface area contributed by atoms with E-state index in [9.17, 15) is 10.3 Å². The highest BCUT2D eigenvalue weighted by Gasteiger charge is 2.45. The Bertz CT molecular complexity index is 743. The molecule has 2 aromatic carbocycles. The molecule has 3 rings (SSSR count). The Morgan fingerprint density at radius 2 is 1.89 bits per heavy atom. The summed E-state index contributed by atoms with van der Waals surface area (Å²) in [6.07, 6.45) is 3.39. The second-order valence-electron chi connectivity index (χ2n) is 7.31. The van der Waals surface area contributed by atoms with Gasteiger partial charge in [-0.1, -0.05) is 57.0 Å². The van der Waals surface area contributed by atoms with Gasteiger partial charge in [-0.2, -0.15) is 4.21 Å². The Labute approximate surface area is 172 Å². The van der Waals surface area contributed by atoms with Gasteiger partial charge in [0.15, 0.2) is 12.5 Å². The van der Waals surface area contributed by atoms with Crippen molar-refractivity contribution >= 4 is 18.2 Å². The van der Waals surface area contributed by atoms with Crippen molar-refractivity contribution in [2.45, 2.75) is 51.6 Å². The van der Waals surface area contributed by atoms with Crippen LogP contribution in [0.2, 0.25) is 0 Å². The zero-order chi connectivity index (χ0) is 20.6. The van der Waals surface area contributed by atoms with E-state index in [1.807, 2.05) is 30.3 Å². The molecule has 1 aliphatic heterocycles. The molecule has 0 spiro atoms. The maximum absolute atomic E-state index is 11.6. The average Bonchev–Trinajstić information content (AvgIpc) is 2.88. The van der Waals surface area contributed by atoms with Crippen molar-refractivity contribution in [2.75, 3.05) is 12.1 Å². The number of rotatable bonds is 6. The Morgan fingerprint density at radius 3 is 2.50 bits per heavy atom. The highest BCUT2D eigenvalue weighted by atomic mass is 32.1. The van der Waals surface area contributed by atoms with Crippen LogP contribution in [0.25, 0.3) is 0 Å². The molecule has 3 N–H and O–H groups in total. The molecule has 6 heteroatoms. The van der Waals surface area contributed by atoms with E-state index in [1.165, 1.54) is 0 Å². The second-order valence-corrected chi connectivity index (χ2v) is 7.31. The highest BCUT2D eigenvalue weighted by molar-refractivity contribution is 7.44. The number of aliphatic hydroxyl groups excluding tert-OH is 1. The van der Waals surface area contributed by atoms with Gasteiger partial charge in [-0.05, 0) is 36.6 Å². The Balaban J connectivity index is 0.00000136. The molecule has 2 aromatic rings. The summed E-state index contributed by atoms with van der Waals surface area (Å²) < 4.78 is 14.0. The van der Waals surface area contributed by atoms with Gasteiger partial charge >= 0.3 is 0 Å². The van der Waals surface area contributed by atoms with E-state index in [0.29, 0.717) is 12.3 Å². The van der Waals surface area contributed by atoms with Crippen molar-refractivity contribution in [1.82, 2.24) is 0 Å². The van der Waals surface area contributed by atoms with Crippen LogP contribution in [0.15, 0.2) is 48.5 Å². The molecule has 0 radical (unpaired) electrons. The minimum absolute atomic E-state index is 0.196. The number of unbranched alkanes of at least 4 members (excludes halogenated alkanes) is 1. The molecular formula is C22H29NO4S. The lowest BCUT2D eigenvalue weighted by molar-refractivity contribution is -0.0210. The largest absolute Gasteiger partial charge is 0.493 e. The van der Waals surface area contributed by atoms with Crippen molar-refractivity contribution in [3.8, 4) is 5.75 Å². The first-order chi connectivity index (χ1) is 13.6. The lowest BCUT2D eigenvalue weighted by Crippen LogP contribution is -2.42. The van der Waals surface area contributed by atoms with Crippen molar-refractivity contribution in [3.05, 3.63) is 59.7 Å². The molecule has 0 unspecified atom stereocenters. The van der Waals surface area contributed by atoms with E-state index in [2.05, 4.69) is 44.0 Å². The third-order valence-electron chi connectivity index (χ3n) is 5.82. The Hall–Kier alpha value is -2.02. The van der Waals surface area contributed by atoms with Gasteiger partial charge in [0.1, 0.15) is 5.75 Å². The summed E-state index contributed by atoms with van der Waals surface area (Å²) in [5.41, 5.74) is 4.50. The van der Waals surface area contributed by atoms with E-state index in [-0.39, 0.29) is 11.3 Å². The SMILES string of the molecule is CCCC[C@]1(CC)COc2ccc(NO)cc2[C@@H](c2ccccc2)[C@H]1O.O=S. The Morgan fingerprint density at radius 1 is 1.18 bits per heavy atom. The summed E-state index contributed by atoms with van der Waals surface area (Å²) in [6, 6.07) is 15.6. The number of fused-ring (bicyclic) bond motifs is 1. The van der Waals surface area contributed by atoms with E-state index in [0.717, 1.165) is 42.6 Å². The molecule has 0 aromatic heterocycles. The molecule has 0 bridgehead atoms. The zero-order valence-corrected chi connectivity index (χ0v) is 17.2. The quantitative estimate of drug-likeness (QED) is 0.611. The van der Waals surface area contributed by atoms with E-state index in [1.54, 1.807) is 6.07 Å². The minimum Gasteiger partial charge on any atom is -0.493 e. The van der Waals surface area contributed by atoms with E-state index < -0.39 is 6.10 Å². The fraction of sp³-hybridized carbons (Fsp3) is 0.455. The molecule has 28 heavy (non-hydrogen) atoms. The molecule has 1 heterocycles. The molecule has 0 aliphatic carbocycles. The topological polar surface area (TPSA) is 78.8 Å². The first-order valence-corrected chi connectivity index (χ1v) is 10.0. The van der Waals surface area contributed by atoms with Crippen molar-refractivity contribution < 1.29 is 19.3 Å². The fourth-order valence-electron chi connectivity index (χ4n) is 4.08. The average molecular weight is 404 g/mol. The molecule has 0 amide bonds. The summed E-state index contributed by atoms with van der Waals surface area (Å²) in [5.74, 6) is 0.586. The Kier molecular flexibility index (Phi) is 8.35. The van der Waals surface area contributed by atoms with Crippen LogP contribution in [0.3, 0.4) is 0 Å². The molecule has 3 atom stereocenters. The molecule has 0 fully saturated rings. The number of hydrogen-bond acceptors (Lipinski definition) is 6. The van der Waals surface area contributed by atoms with Crippen LogP contribution < -0.4 is 10.2 Å². The summed E-state index contributed by atoms with van der Waals surface area (Å²) in [6.45, 7) is 4.82. The van der Waals surface area contributed by atoms with Gasteiger partial charge in [-0.15, -0.1) is 0 Å². The maximum Gasteiger partial charge on any atom is 0.197 e. The number of hydrogen-bond donors (Lipinski definition) is 3. The predicted molar refractivity (Wildman–Crippen MR) is 112 cm³/mol. The summed E-state index contributed by atoms with van der Waals surface area (Å²) in [4.78, 5) is 0. The van der Waals surface area contributed by atoms with E-state index in [4.69, 9.17) is 8.95 Å². The van der Waals surface area contributed by atoms with Crippen LogP contribution in [-0.4, -0.2) is 27.2 Å².